The van der Waals surface area contributed by atoms with Crippen LogP contribution in [-0.4, -0.2) is 23.0 Å². The Kier molecular flexibility index (Phi) is 6.22. The second-order valence-corrected chi connectivity index (χ2v) is 4.29. The van der Waals surface area contributed by atoms with Gasteiger partial charge in [0.05, 0.1) is 12.5 Å². The van der Waals surface area contributed by atoms with Crippen molar-refractivity contribution in [2.45, 2.75) is 32.2 Å². The highest BCUT2D eigenvalue weighted by Gasteiger charge is 2.14. The van der Waals surface area contributed by atoms with Crippen LogP contribution in [0.2, 0.25) is 0 Å². The second kappa shape index (κ2) is 7.93. The van der Waals surface area contributed by atoms with Gasteiger partial charge >= 0.3 is 12.0 Å². The van der Waals surface area contributed by atoms with Gasteiger partial charge in [0.2, 0.25) is 5.91 Å². The first kappa shape index (κ1) is 15.7. The lowest BCUT2D eigenvalue weighted by molar-refractivity contribution is -0.138. The van der Waals surface area contributed by atoms with E-state index >= 15 is 0 Å². The van der Waals surface area contributed by atoms with E-state index in [0.29, 0.717) is 6.42 Å². The molecule has 3 amide bonds. The van der Waals surface area contributed by atoms with E-state index in [1.54, 1.807) is 0 Å². The van der Waals surface area contributed by atoms with Crippen LogP contribution in [0.15, 0.2) is 30.3 Å². The Hall–Kier alpha value is -2.37. The normalized spacial score (nSPS) is 11.4. The number of nitrogens with one attached hydrogen (secondary N) is 2. The van der Waals surface area contributed by atoms with Gasteiger partial charge in [0.25, 0.3) is 0 Å². The first-order valence-corrected chi connectivity index (χ1v) is 6.40. The summed E-state index contributed by atoms with van der Waals surface area (Å²) in [5, 5.41) is 13.2. The van der Waals surface area contributed by atoms with E-state index in [2.05, 4.69) is 10.6 Å². The van der Waals surface area contributed by atoms with Gasteiger partial charge in [0.15, 0.2) is 0 Å². The van der Waals surface area contributed by atoms with Crippen molar-refractivity contribution in [3.8, 4) is 0 Å². The van der Waals surface area contributed by atoms with Crippen molar-refractivity contribution in [2.24, 2.45) is 0 Å². The number of amides is 3. The quantitative estimate of drug-likeness (QED) is 0.739. The summed E-state index contributed by atoms with van der Waals surface area (Å²) in [4.78, 5) is 33.3. The number of carbonyl (C=O) groups excluding carboxylic acids is 2. The maximum Gasteiger partial charge on any atom is 0.321 e. The van der Waals surface area contributed by atoms with E-state index in [4.69, 9.17) is 5.11 Å². The van der Waals surface area contributed by atoms with Crippen molar-refractivity contribution in [3.63, 3.8) is 0 Å². The number of rotatable bonds is 6. The number of carbonyl (C=O) groups is 3. The predicted octanol–water partition coefficient (Wildman–Crippen LogP) is 1.83. The Morgan fingerprint density at radius 3 is 2.35 bits per heavy atom. The molecule has 0 saturated heterocycles. The van der Waals surface area contributed by atoms with E-state index in [9.17, 15) is 14.4 Å². The molecule has 0 aliphatic heterocycles. The molecule has 0 spiro atoms. The summed E-state index contributed by atoms with van der Waals surface area (Å²) < 4.78 is 0. The van der Waals surface area contributed by atoms with E-state index in [0.717, 1.165) is 5.56 Å². The lowest BCUT2D eigenvalue weighted by Gasteiger charge is -2.17. The average molecular weight is 278 g/mol. The molecular formula is C14H18N2O4. The molecule has 20 heavy (non-hydrogen) atoms. The van der Waals surface area contributed by atoms with Crippen LogP contribution in [0.1, 0.15) is 37.8 Å². The van der Waals surface area contributed by atoms with Crippen molar-refractivity contribution >= 4 is 17.9 Å². The Morgan fingerprint density at radius 2 is 1.80 bits per heavy atom. The van der Waals surface area contributed by atoms with E-state index in [1.165, 1.54) is 0 Å². The summed E-state index contributed by atoms with van der Waals surface area (Å²) in [5.41, 5.74) is 0.947. The van der Waals surface area contributed by atoms with Gasteiger partial charge in [0.1, 0.15) is 0 Å². The van der Waals surface area contributed by atoms with Crippen LogP contribution >= 0.6 is 0 Å². The fourth-order valence-electron chi connectivity index (χ4n) is 1.71. The minimum Gasteiger partial charge on any atom is -0.481 e. The monoisotopic (exact) mass is 278 g/mol. The maximum atomic E-state index is 11.7. The molecule has 0 radical (unpaired) electrons. The van der Waals surface area contributed by atoms with Gasteiger partial charge in [-0.1, -0.05) is 37.3 Å². The molecule has 0 aromatic heterocycles. The molecule has 1 rings (SSSR count). The van der Waals surface area contributed by atoms with Crippen LogP contribution in [0.4, 0.5) is 4.79 Å². The van der Waals surface area contributed by atoms with E-state index in [1.807, 2.05) is 37.3 Å². The molecular weight excluding hydrogens is 260 g/mol. The lowest BCUT2D eigenvalue weighted by atomic mass is 10.1. The smallest absolute Gasteiger partial charge is 0.321 e. The number of benzene rings is 1. The summed E-state index contributed by atoms with van der Waals surface area (Å²) in [6, 6.07) is 8.60. The number of imide groups is 1. The highest BCUT2D eigenvalue weighted by Crippen LogP contribution is 2.15. The average Bonchev–Trinajstić information content (AvgIpc) is 2.43. The standard InChI is InChI=1S/C14H18N2O4/c1-2-11(10-6-4-3-5-7-10)15-14(20)16-12(17)8-9-13(18)19/h3-7,11H,2,8-9H2,1H3,(H,18,19)(H2,15,16,17,20). The molecule has 0 bridgehead atoms. The second-order valence-electron chi connectivity index (χ2n) is 4.29. The van der Waals surface area contributed by atoms with Crippen LogP contribution in [0.5, 0.6) is 0 Å². The van der Waals surface area contributed by atoms with Gasteiger partial charge in [-0.25, -0.2) is 4.79 Å². The summed E-state index contributed by atoms with van der Waals surface area (Å²) in [6.07, 6.45) is 0.167. The molecule has 1 unspecified atom stereocenters. The Labute approximate surface area is 117 Å². The topological polar surface area (TPSA) is 95.5 Å². The maximum absolute atomic E-state index is 11.7. The largest absolute Gasteiger partial charge is 0.481 e. The fraction of sp³-hybridized carbons (Fsp3) is 0.357. The molecule has 0 fully saturated rings. The molecule has 1 aromatic rings. The molecule has 0 heterocycles. The van der Waals surface area contributed by atoms with Gasteiger partial charge in [0, 0.05) is 6.42 Å². The van der Waals surface area contributed by atoms with Gasteiger partial charge in [-0.2, -0.15) is 0 Å². The van der Waals surface area contributed by atoms with Crippen LogP contribution in [0.3, 0.4) is 0 Å². The zero-order valence-corrected chi connectivity index (χ0v) is 11.3. The first-order chi connectivity index (χ1) is 9.52. The summed E-state index contributed by atoms with van der Waals surface area (Å²) in [6.45, 7) is 1.92. The molecule has 0 aliphatic carbocycles. The van der Waals surface area contributed by atoms with Crippen molar-refractivity contribution in [3.05, 3.63) is 35.9 Å². The molecule has 6 heteroatoms. The Morgan fingerprint density at radius 1 is 1.15 bits per heavy atom. The SMILES string of the molecule is CCC(NC(=O)NC(=O)CCC(=O)O)c1ccccc1. The van der Waals surface area contributed by atoms with Crippen LogP contribution < -0.4 is 10.6 Å². The Balaban J connectivity index is 2.48. The zero-order valence-electron chi connectivity index (χ0n) is 11.3. The zero-order chi connectivity index (χ0) is 15.0. The van der Waals surface area contributed by atoms with Crippen LogP contribution in [0.25, 0.3) is 0 Å². The molecule has 1 atom stereocenters. The summed E-state index contributed by atoms with van der Waals surface area (Å²) in [5.74, 6) is -1.68. The highest BCUT2D eigenvalue weighted by atomic mass is 16.4. The third-order valence-corrected chi connectivity index (χ3v) is 2.73. The summed E-state index contributed by atoms with van der Waals surface area (Å²) >= 11 is 0. The first-order valence-electron chi connectivity index (χ1n) is 6.40. The van der Waals surface area contributed by atoms with E-state index < -0.39 is 17.9 Å². The third-order valence-electron chi connectivity index (χ3n) is 2.73. The van der Waals surface area contributed by atoms with Crippen LogP contribution in [0, 0.1) is 0 Å². The number of aliphatic carboxylic acids is 1. The molecule has 108 valence electrons. The molecule has 0 saturated carbocycles. The predicted molar refractivity (Wildman–Crippen MR) is 73.0 cm³/mol. The number of hydrogen-bond acceptors (Lipinski definition) is 3. The van der Waals surface area contributed by atoms with Crippen molar-refractivity contribution in [2.75, 3.05) is 0 Å². The van der Waals surface area contributed by atoms with E-state index in [-0.39, 0.29) is 18.9 Å². The number of urea groups is 1. The number of hydrogen-bond donors (Lipinski definition) is 3. The molecule has 3 N–H and O–H groups in total. The van der Waals surface area contributed by atoms with Gasteiger partial charge in [-0.05, 0) is 12.0 Å². The molecule has 6 nitrogen and oxygen atoms in total. The molecule has 0 aliphatic rings. The number of carboxylic acid groups (broad SMARTS) is 1. The van der Waals surface area contributed by atoms with Gasteiger partial charge in [-0.15, -0.1) is 0 Å². The van der Waals surface area contributed by atoms with Gasteiger partial charge in [-0.3, -0.25) is 14.9 Å². The third kappa shape index (κ3) is 5.51. The minimum absolute atomic E-state index is 0.191. The number of carboxylic acids is 1. The summed E-state index contributed by atoms with van der Waals surface area (Å²) in [7, 11) is 0. The van der Waals surface area contributed by atoms with Gasteiger partial charge < -0.3 is 10.4 Å². The fourth-order valence-corrected chi connectivity index (χ4v) is 1.71. The van der Waals surface area contributed by atoms with Crippen molar-refractivity contribution in [1.29, 1.82) is 0 Å². The molecule has 1 aromatic carbocycles. The van der Waals surface area contributed by atoms with Crippen LogP contribution in [-0.2, 0) is 9.59 Å². The van der Waals surface area contributed by atoms with Crippen molar-refractivity contribution < 1.29 is 19.5 Å². The Bertz CT molecular complexity index is 473. The minimum atomic E-state index is -1.07. The highest BCUT2D eigenvalue weighted by molar-refractivity contribution is 5.95. The van der Waals surface area contributed by atoms with Crippen molar-refractivity contribution in [1.82, 2.24) is 10.6 Å². The lowest BCUT2D eigenvalue weighted by Crippen LogP contribution is -2.41.